The minimum atomic E-state index is -0.0771. The van der Waals surface area contributed by atoms with Crippen LogP contribution < -0.4 is 20.5 Å². The number of hydrogen-bond donors (Lipinski definition) is 2. The summed E-state index contributed by atoms with van der Waals surface area (Å²) >= 11 is 0. The zero-order chi connectivity index (χ0) is 15.7. The maximum atomic E-state index is 5.82. The standard InChI is InChI=1S/C16H27N3O2.HI/c1-12(2)9-10-18-16(17)19-11-13(3)21-15-8-6-5-7-14(15)20-4;/h5-8,12-13H,9-11H2,1-4H3,(H3,17,18,19);1H. The molecule has 3 N–H and O–H groups in total. The first-order valence-electron chi connectivity index (χ1n) is 7.36. The number of halogens is 1. The van der Waals surface area contributed by atoms with E-state index in [1.54, 1.807) is 7.11 Å². The summed E-state index contributed by atoms with van der Waals surface area (Å²) in [5, 5.41) is 3.10. The van der Waals surface area contributed by atoms with Crippen LogP contribution in [0.25, 0.3) is 0 Å². The third kappa shape index (κ3) is 8.31. The number of benzene rings is 1. The molecule has 0 bridgehead atoms. The van der Waals surface area contributed by atoms with Crippen LogP contribution in [-0.2, 0) is 0 Å². The van der Waals surface area contributed by atoms with Gasteiger partial charge >= 0.3 is 0 Å². The Hall–Kier alpha value is -1.18. The monoisotopic (exact) mass is 421 g/mol. The quantitative estimate of drug-likeness (QED) is 0.385. The van der Waals surface area contributed by atoms with Gasteiger partial charge in [-0.3, -0.25) is 0 Å². The van der Waals surface area contributed by atoms with Crippen molar-refractivity contribution < 1.29 is 9.47 Å². The van der Waals surface area contributed by atoms with Crippen LogP contribution in [0.15, 0.2) is 29.3 Å². The van der Waals surface area contributed by atoms with Crippen LogP contribution in [0.5, 0.6) is 11.5 Å². The highest BCUT2D eigenvalue weighted by molar-refractivity contribution is 14.0. The summed E-state index contributed by atoms with van der Waals surface area (Å²) in [4.78, 5) is 4.29. The van der Waals surface area contributed by atoms with Gasteiger partial charge in [-0.15, -0.1) is 24.0 Å². The van der Waals surface area contributed by atoms with E-state index < -0.39 is 0 Å². The van der Waals surface area contributed by atoms with Gasteiger partial charge in [0.1, 0.15) is 6.10 Å². The Bertz CT molecular complexity index is 453. The van der Waals surface area contributed by atoms with Crippen LogP contribution in [0.1, 0.15) is 27.2 Å². The van der Waals surface area contributed by atoms with Crippen molar-refractivity contribution in [1.29, 1.82) is 0 Å². The first-order valence-corrected chi connectivity index (χ1v) is 7.36. The molecule has 1 unspecified atom stereocenters. The normalized spacial score (nSPS) is 12.5. The lowest BCUT2D eigenvalue weighted by Crippen LogP contribution is -2.34. The molecule has 0 aliphatic carbocycles. The number of hydrogen-bond acceptors (Lipinski definition) is 3. The van der Waals surface area contributed by atoms with Crippen LogP contribution in [0.3, 0.4) is 0 Å². The number of rotatable bonds is 8. The number of ether oxygens (including phenoxy) is 2. The molecule has 0 amide bonds. The number of nitrogens with one attached hydrogen (secondary N) is 1. The van der Waals surface area contributed by atoms with E-state index in [0.29, 0.717) is 24.2 Å². The Kier molecular flexibility index (Phi) is 10.8. The maximum absolute atomic E-state index is 5.82. The average Bonchev–Trinajstić information content (AvgIpc) is 2.45. The van der Waals surface area contributed by atoms with E-state index in [2.05, 4.69) is 24.2 Å². The van der Waals surface area contributed by atoms with Gasteiger partial charge in [0.25, 0.3) is 0 Å². The molecule has 1 aromatic carbocycles. The third-order valence-corrected chi connectivity index (χ3v) is 2.94. The molecular formula is C16H28IN3O2. The van der Waals surface area contributed by atoms with E-state index >= 15 is 0 Å². The van der Waals surface area contributed by atoms with Gasteiger partial charge < -0.3 is 20.5 Å². The van der Waals surface area contributed by atoms with E-state index in [-0.39, 0.29) is 30.1 Å². The predicted molar refractivity (Wildman–Crippen MR) is 102 cm³/mol. The molecule has 0 aliphatic rings. The van der Waals surface area contributed by atoms with Crippen LogP contribution in [0, 0.1) is 5.92 Å². The summed E-state index contributed by atoms with van der Waals surface area (Å²) in [6.45, 7) is 7.65. The summed E-state index contributed by atoms with van der Waals surface area (Å²) in [7, 11) is 1.63. The van der Waals surface area contributed by atoms with Crippen molar-refractivity contribution in [1.82, 2.24) is 5.32 Å². The van der Waals surface area contributed by atoms with Gasteiger partial charge in [-0.25, -0.2) is 4.99 Å². The predicted octanol–water partition coefficient (Wildman–Crippen LogP) is 3.03. The SMILES string of the molecule is COc1ccccc1OC(C)CN=C(N)NCCC(C)C.I. The molecule has 1 aromatic rings. The van der Waals surface area contributed by atoms with Gasteiger partial charge in [0.05, 0.1) is 13.7 Å². The van der Waals surface area contributed by atoms with E-state index in [0.717, 1.165) is 18.7 Å². The van der Waals surface area contributed by atoms with E-state index in [9.17, 15) is 0 Å². The fraction of sp³-hybridized carbons (Fsp3) is 0.562. The molecule has 0 fully saturated rings. The number of para-hydroxylation sites is 2. The Balaban J connectivity index is 0.00000441. The maximum Gasteiger partial charge on any atom is 0.188 e. The molecule has 6 heteroatoms. The first kappa shape index (κ1) is 20.8. The molecule has 0 aliphatic heterocycles. The summed E-state index contributed by atoms with van der Waals surface area (Å²) in [6.07, 6.45) is 0.996. The number of methoxy groups -OCH3 is 1. The second kappa shape index (κ2) is 11.4. The summed E-state index contributed by atoms with van der Waals surface area (Å²) in [5.41, 5.74) is 5.82. The number of aliphatic imine (C=N–C) groups is 1. The second-order valence-corrected chi connectivity index (χ2v) is 5.41. The Morgan fingerprint density at radius 3 is 2.45 bits per heavy atom. The topological polar surface area (TPSA) is 68.9 Å². The van der Waals surface area contributed by atoms with E-state index in [1.165, 1.54) is 0 Å². The van der Waals surface area contributed by atoms with Gasteiger partial charge in [-0.2, -0.15) is 0 Å². The molecule has 1 atom stereocenters. The second-order valence-electron chi connectivity index (χ2n) is 5.41. The fourth-order valence-corrected chi connectivity index (χ4v) is 1.74. The lowest BCUT2D eigenvalue weighted by atomic mass is 10.1. The molecule has 126 valence electrons. The Labute approximate surface area is 150 Å². The van der Waals surface area contributed by atoms with Crippen LogP contribution in [0.4, 0.5) is 0 Å². The molecule has 0 saturated carbocycles. The number of nitrogens with two attached hydrogens (primary N) is 1. The highest BCUT2D eigenvalue weighted by atomic mass is 127. The van der Waals surface area contributed by atoms with Gasteiger partial charge in [0.15, 0.2) is 17.5 Å². The highest BCUT2D eigenvalue weighted by Crippen LogP contribution is 2.26. The average molecular weight is 421 g/mol. The van der Waals surface area contributed by atoms with Crippen LogP contribution >= 0.6 is 24.0 Å². The molecule has 0 heterocycles. The van der Waals surface area contributed by atoms with Crippen molar-refractivity contribution in [2.45, 2.75) is 33.3 Å². The smallest absolute Gasteiger partial charge is 0.188 e. The van der Waals surface area contributed by atoms with E-state index in [4.69, 9.17) is 15.2 Å². The zero-order valence-corrected chi connectivity index (χ0v) is 16.2. The van der Waals surface area contributed by atoms with Crippen molar-refractivity contribution in [3.05, 3.63) is 24.3 Å². The molecule has 0 saturated heterocycles. The molecular weight excluding hydrogens is 393 g/mol. The summed E-state index contributed by atoms with van der Waals surface area (Å²) < 4.78 is 11.1. The number of guanidine groups is 1. The summed E-state index contributed by atoms with van der Waals surface area (Å²) in [6, 6.07) is 7.57. The van der Waals surface area contributed by atoms with Crippen LogP contribution in [-0.4, -0.2) is 32.3 Å². The summed E-state index contributed by atoms with van der Waals surface area (Å²) in [5.74, 6) is 2.55. The Morgan fingerprint density at radius 1 is 1.23 bits per heavy atom. The van der Waals surface area contributed by atoms with Crippen molar-refractivity contribution >= 4 is 29.9 Å². The van der Waals surface area contributed by atoms with Gasteiger partial charge in [-0.1, -0.05) is 26.0 Å². The molecule has 1 rings (SSSR count). The van der Waals surface area contributed by atoms with Crippen LogP contribution in [0.2, 0.25) is 0 Å². The largest absolute Gasteiger partial charge is 0.493 e. The molecule has 0 spiro atoms. The van der Waals surface area contributed by atoms with Crippen molar-refractivity contribution in [3.63, 3.8) is 0 Å². The first-order chi connectivity index (χ1) is 10.0. The molecule has 0 radical (unpaired) electrons. The van der Waals surface area contributed by atoms with Gasteiger partial charge in [-0.05, 0) is 31.4 Å². The molecule has 22 heavy (non-hydrogen) atoms. The lowest BCUT2D eigenvalue weighted by molar-refractivity contribution is 0.219. The van der Waals surface area contributed by atoms with Crippen molar-refractivity contribution in [2.24, 2.45) is 16.6 Å². The third-order valence-electron chi connectivity index (χ3n) is 2.94. The molecule has 5 nitrogen and oxygen atoms in total. The highest BCUT2D eigenvalue weighted by Gasteiger charge is 2.08. The van der Waals surface area contributed by atoms with Crippen molar-refractivity contribution in [2.75, 3.05) is 20.2 Å². The zero-order valence-electron chi connectivity index (χ0n) is 13.8. The van der Waals surface area contributed by atoms with Gasteiger partial charge in [0.2, 0.25) is 0 Å². The minimum absolute atomic E-state index is 0. The molecule has 0 aromatic heterocycles. The van der Waals surface area contributed by atoms with Crippen molar-refractivity contribution in [3.8, 4) is 11.5 Å². The Morgan fingerprint density at radius 2 is 1.86 bits per heavy atom. The fourth-order valence-electron chi connectivity index (χ4n) is 1.74. The van der Waals surface area contributed by atoms with E-state index in [1.807, 2.05) is 31.2 Å². The minimum Gasteiger partial charge on any atom is -0.493 e. The number of nitrogens with zero attached hydrogens (tertiary/aromatic N) is 1. The lowest BCUT2D eigenvalue weighted by Gasteiger charge is -2.15. The van der Waals surface area contributed by atoms with Gasteiger partial charge in [0, 0.05) is 6.54 Å².